The van der Waals surface area contributed by atoms with Gasteiger partial charge in [0, 0.05) is 18.5 Å². The topological polar surface area (TPSA) is 85.0 Å². The molecule has 0 radical (unpaired) electrons. The zero-order valence-electron chi connectivity index (χ0n) is 13.7. The Hall–Kier alpha value is -1.79. The molecule has 3 atom stereocenters. The minimum Gasteiger partial charge on any atom is -0.454 e. The van der Waals surface area contributed by atoms with Crippen molar-refractivity contribution in [1.82, 2.24) is 4.90 Å². The quantitative estimate of drug-likeness (QED) is 0.877. The summed E-state index contributed by atoms with van der Waals surface area (Å²) in [4.78, 5) is 13.7. The van der Waals surface area contributed by atoms with Crippen molar-refractivity contribution in [2.75, 3.05) is 19.9 Å². The van der Waals surface area contributed by atoms with Crippen LogP contribution in [0, 0.1) is 5.92 Å². The maximum absolute atomic E-state index is 11.5. The summed E-state index contributed by atoms with van der Waals surface area (Å²) in [6.45, 7) is 1.13. The van der Waals surface area contributed by atoms with E-state index in [1.165, 1.54) is 0 Å². The van der Waals surface area contributed by atoms with Crippen molar-refractivity contribution < 1.29 is 19.4 Å². The zero-order valence-corrected chi connectivity index (χ0v) is 13.7. The Morgan fingerprint density at radius 3 is 2.96 bits per heavy atom. The summed E-state index contributed by atoms with van der Waals surface area (Å²) < 4.78 is 10.9. The number of carbonyl (C=O) groups excluding carboxylic acids is 1. The number of nitrogens with zero attached hydrogens (tertiary/aromatic N) is 1. The molecule has 2 aliphatic heterocycles. The number of hydrogen-bond acceptors (Lipinski definition) is 5. The van der Waals surface area contributed by atoms with E-state index in [1.54, 1.807) is 0 Å². The number of aliphatic hydroxyl groups is 1. The van der Waals surface area contributed by atoms with Crippen molar-refractivity contribution in [3.05, 3.63) is 23.8 Å². The second kappa shape index (κ2) is 5.93. The molecule has 0 unspecified atom stereocenters. The lowest BCUT2D eigenvalue weighted by atomic mass is 9.66. The number of hydrogen-bond donors (Lipinski definition) is 2. The van der Waals surface area contributed by atoms with Gasteiger partial charge in [0.25, 0.3) is 0 Å². The second-order valence-electron chi connectivity index (χ2n) is 7.20. The summed E-state index contributed by atoms with van der Waals surface area (Å²) in [5.74, 6) is 1.26. The number of fused-ring (bicyclic) bond motifs is 2. The van der Waals surface area contributed by atoms with E-state index in [1.807, 2.05) is 18.2 Å². The molecule has 4 rings (SSSR count). The van der Waals surface area contributed by atoms with Crippen molar-refractivity contribution in [2.45, 2.75) is 43.7 Å². The maximum atomic E-state index is 11.5. The van der Waals surface area contributed by atoms with Crippen LogP contribution in [-0.2, 0) is 4.79 Å². The van der Waals surface area contributed by atoms with E-state index < -0.39 is 5.60 Å². The molecule has 0 spiro atoms. The summed E-state index contributed by atoms with van der Waals surface area (Å²) >= 11 is 0. The van der Waals surface area contributed by atoms with Crippen LogP contribution in [0.4, 0.5) is 0 Å². The van der Waals surface area contributed by atoms with Gasteiger partial charge in [0.2, 0.25) is 12.7 Å². The second-order valence-corrected chi connectivity index (χ2v) is 7.20. The zero-order chi connectivity index (χ0) is 16.7. The number of ether oxygens (including phenoxy) is 2. The Bertz CT molecular complexity index is 650. The number of nitrogens with two attached hydrogens (primary N) is 1. The molecule has 130 valence electrons. The van der Waals surface area contributed by atoms with Crippen LogP contribution in [0.25, 0.3) is 0 Å². The van der Waals surface area contributed by atoms with Gasteiger partial charge >= 0.3 is 0 Å². The highest BCUT2D eigenvalue weighted by atomic mass is 16.7. The van der Waals surface area contributed by atoms with Gasteiger partial charge in [-0.2, -0.15) is 0 Å². The summed E-state index contributed by atoms with van der Waals surface area (Å²) in [5.41, 5.74) is 5.88. The van der Waals surface area contributed by atoms with Crippen LogP contribution in [0.3, 0.4) is 0 Å². The SMILES string of the molecule is NC(=O)CN1CC[C@@]2(O)CCCC[C@H]2[C@@H]1c1ccc2c(c1)OCO2. The average Bonchev–Trinajstić information content (AvgIpc) is 3.02. The molecule has 2 fully saturated rings. The number of rotatable bonds is 3. The van der Waals surface area contributed by atoms with Gasteiger partial charge in [-0.25, -0.2) is 0 Å². The molecule has 3 aliphatic rings. The largest absolute Gasteiger partial charge is 0.454 e. The first kappa shape index (κ1) is 15.7. The van der Waals surface area contributed by atoms with E-state index in [2.05, 4.69) is 4.90 Å². The van der Waals surface area contributed by atoms with E-state index in [4.69, 9.17) is 15.2 Å². The predicted molar refractivity (Wildman–Crippen MR) is 87.6 cm³/mol. The van der Waals surface area contributed by atoms with E-state index in [-0.39, 0.29) is 31.2 Å². The van der Waals surface area contributed by atoms with Gasteiger partial charge in [-0.1, -0.05) is 18.9 Å². The van der Waals surface area contributed by atoms with Crippen LogP contribution in [-0.4, -0.2) is 41.4 Å². The van der Waals surface area contributed by atoms with Gasteiger partial charge < -0.3 is 20.3 Å². The van der Waals surface area contributed by atoms with Crippen molar-refractivity contribution in [1.29, 1.82) is 0 Å². The number of piperidine rings is 1. The summed E-state index contributed by atoms with van der Waals surface area (Å²) in [6.07, 6.45) is 4.68. The third-order valence-corrected chi connectivity index (χ3v) is 5.77. The highest BCUT2D eigenvalue weighted by Gasteiger charge is 2.49. The monoisotopic (exact) mass is 332 g/mol. The lowest BCUT2D eigenvalue weighted by Gasteiger charge is -2.52. The van der Waals surface area contributed by atoms with Crippen LogP contribution < -0.4 is 15.2 Å². The summed E-state index contributed by atoms with van der Waals surface area (Å²) in [6, 6.07) is 5.90. The van der Waals surface area contributed by atoms with Crippen LogP contribution in [0.2, 0.25) is 0 Å². The van der Waals surface area contributed by atoms with Gasteiger partial charge in [-0.3, -0.25) is 9.69 Å². The van der Waals surface area contributed by atoms with Gasteiger partial charge in [0.1, 0.15) is 0 Å². The first-order chi connectivity index (χ1) is 11.6. The Kier molecular flexibility index (Phi) is 3.89. The number of likely N-dealkylation sites (tertiary alicyclic amines) is 1. The number of carbonyl (C=O) groups is 1. The third-order valence-electron chi connectivity index (χ3n) is 5.77. The molecule has 1 saturated carbocycles. The molecule has 1 aliphatic carbocycles. The van der Waals surface area contributed by atoms with E-state index in [0.29, 0.717) is 13.0 Å². The molecule has 6 heteroatoms. The van der Waals surface area contributed by atoms with Gasteiger partial charge in [-0.15, -0.1) is 0 Å². The van der Waals surface area contributed by atoms with Crippen LogP contribution in [0.1, 0.15) is 43.7 Å². The number of primary amides is 1. The molecule has 1 amide bonds. The molecule has 1 saturated heterocycles. The lowest BCUT2D eigenvalue weighted by molar-refractivity contribution is -0.136. The summed E-state index contributed by atoms with van der Waals surface area (Å²) in [5, 5.41) is 11.2. The smallest absolute Gasteiger partial charge is 0.231 e. The Labute approximate surface area is 141 Å². The lowest BCUT2D eigenvalue weighted by Crippen LogP contribution is -2.56. The molecule has 0 aromatic heterocycles. The molecule has 2 heterocycles. The van der Waals surface area contributed by atoms with Gasteiger partial charge in [-0.05, 0) is 37.0 Å². The van der Waals surface area contributed by atoms with Crippen molar-refractivity contribution in [3.8, 4) is 11.5 Å². The fraction of sp³-hybridized carbons (Fsp3) is 0.611. The van der Waals surface area contributed by atoms with Crippen molar-refractivity contribution in [2.24, 2.45) is 11.7 Å². The van der Waals surface area contributed by atoms with Crippen LogP contribution in [0.15, 0.2) is 18.2 Å². The molecule has 3 N–H and O–H groups in total. The van der Waals surface area contributed by atoms with Crippen LogP contribution in [0.5, 0.6) is 11.5 Å². The molecule has 6 nitrogen and oxygen atoms in total. The first-order valence-corrected chi connectivity index (χ1v) is 8.71. The number of benzene rings is 1. The Balaban J connectivity index is 1.72. The van der Waals surface area contributed by atoms with E-state index >= 15 is 0 Å². The van der Waals surface area contributed by atoms with E-state index in [9.17, 15) is 9.90 Å². The minimum absolute atomic E-state index is 0.0222. The Morgan fingerprint density at radius 2 is 2.12 bits per heavy atom. The highest BCUT2D eigenvalue weighted by molar-refractivity contribution is 5.76. The van der Waals surface area contributed by atoms with Gasteiger partial charge in [0.05, 0.1) is 12.1 Å². The fourth-order valence-corrected chi connectivity index (χ4v) is 4.66. The fourth-order valence-electron chi connectivity index (χ4n) is 4.66. The summed E-state index contributed by atoms with van der Waals surface area (Å²) in [7, 11) is 0. The molecular weight excluding hydrogens is 308 g/mol. The molecular formula is C18H24N2O4. The standard InChI is InChI=1S/C18H24N2O4/c19-16(21)10-20-8-7-18(22)6-2-1-3-13(18)17(20)12-4-5-14-15(9-12)24-11-23-14/h4-5,9,13,17,22H,1-3,6-8,10-11H2,(H2,19,21)/t13-,17-,18-/m0/s1. The molecule has 1 aromatic carbocycles. The Morgan fingerprint density at radius 1 is 1.29 bits per heavy atom. The highest BCUT2D eigenvalue weighted by Crippen LogP contribution is 2.50. The normalized spacial score (nSPS) is 32.4. The van der Waals surface area contributed by atoms with Gasteiger partial charge in [0.15, 0.2) is 11.5 Å². The van der Waals surface area contributed by atoms with E-state index in [0.717, 1.165) is 42.7 Å². The van der Waals surface area contributed by atoms with Crippen LogP contribution >= 0.6 is 0 Å². The average molecular weight is 332 g/mol. The predicted octanol–water partition coefficient (Wildman–Crippen LogP) is 1.57. The maximum Gasteiger partial charge on any atom is 0.231 e. The number of amides is 1. The minimum atomic E-state index is -0.645. The first-order valence-electron chi connectivity index (χ1n) is 8.71. The molecule has 0 bridgehead atoms. The third kappa shape index (κ3) is 2.63. The molecule has 1 aromatic rings. The van der Waals surface area contributed by atoms with Crippen molar-refractivity contribution >= 4 is 5.91 Å². The van der Waals surface area contributed by atoms with Crippen molar-refractivity contribution in [3.63, 3.8) is 0 Å². The molecule has 24 heavy (non-hydrogen) atoms.